The first kappa shape index (κ1) is 18.8. The number of anilines is 2. The number of halogens is 2. The van der Waals surface area contributed by atoms with Crippen molar-refractivity contribution in [2.45, 2.75) is 31.7 Å². The van der Waals surface area contributed by atoms with Crippen LogP contribution in [0.4, 0.5) is 10.8 Å². The van der Waals surface area contributed by atoms with E-state index in [2.05, 4.69) is 41.6 Å². The first-order valence-corrected chi connectivity index (χ1v) is 11.2. The van der Waals surface area contributed by atoms with Crippen LogP contribution in [0.3, 0.4) is 0 Å². The Kier molecular flexibility index (Phi) is 4.89. The molecule has 3 heterocycles. The van der Waals surface area contributed by atoms with Gasteiger partial charge in [-0.2, -0.15) is 5.10 Å². The molecule has 1 aromatic carbocycles. The fourth-order valence-electron chi connectivity index (χ4n) is 3.72. The molecule has 1 saturated carbocycles. The number of pyridine rings is 1. The number of nitrogens with one attached hydrogen (secondary N) is 2. The Bertz CT molecular complexity index is 1260. The standard InChI is InChI=1S/C19H16BrClN6OS/c20-13-7-10(9-27(18(13)28)11-3-1-2-4-11)17-25-26-19(29-17)23-15-6-5-14-12(16(15)21)8-22-24-14/h5-9,11H,1-4H2,(H,22,24)(H,23,26). The van der Waals surface area contributed by atoms with Crippen LogP contribution in [-0.2, 0) is 0 Å². The molecule has 3 aromatic heterocycles. The molecule has 1 aliphatic carbocycles. The smallest absolute Gasteiger partial charge is 0.265 e. The first-order chi connectivity index (χ1) is 14.1. The summed E-state index contributed by atoms with van der Waals surface area (Å²) < 4.78 is 2.38. The van der Waals surface area contributed by atoms with Crippen molar-refractivity contribution in [3.05, 3.63) is 50.4 Å². The van der Waals surface area contributed by atoms with E-state index < -0.39 is 0 Å². The average Bonchev–Trinajstić information content (AvgIpc) is 3.47. The van der Waals surface area contributed by atoms with Crippen molar-refractivity contribution in [2.24, 2.45) is 0 Å². The monoisotopic (exact) mass is 490 g/mol. The molecule has 2 N–H and O–H groups in total. The molecule has 0 amide bonds. The van der Waals surface area contributed by atoms with Gasteiger partial charge in [-0.3, -0.25) is 9.89 Å². The minimum absolute atomic E-state index is 0.00344. The van der Waals surface area contributed by atoms with Gasteiger partial charge in [-0.15, -0.1) is 10.2 Å². The van der Waals surface area contributed by atoms with Gasteiger partial charge in [0.05, 0.1) is 26.9 Å². The third kappa shape index (κ3) is 3.47. The van der Waals surface area contributed by atoms with Crippen molar-refractivity contribution in [2.75, 3.05) is 5.32 Å². The van der Waals surface area contributed by atoms with E-state index in [0.29, 0.717) is 14.6 Å². The van der Waals surface area contributed by atoms with Crippen LogP contribution in [0, 0.1) is 0 Å². The minimum atomic E-state index is 0.00344. The molecule has 1 aliphatic rings. The number of hydrogen-bond donors (Lipinski definition) is 2. The average molecular weight is 492 g/mol. The molecule has 0 saturated heterocycles. The molecule has 0 spiro atoms. The van der Waals surface area contributed by atoms with Crippen molar-refractivity contribution >= 4 is 60.6 Å². The zero-order valence-corrected chi connectivity index (χ0v) is 18.3. The van der Waals surface area contributed by atoms with Gasteiger partial charge >= 0.3 is 0 Å². The minimum Gasteiger partial charge on any atom is -0.329 e. The highest BCUT2D eigenvalue weighted by Gasteiger charge is 2.20. The summed E-state index contributed by atoms with van der Waals surface area (Å²) >= 11 is 11.3. The van der Waals surface area contributed by atoms with Gasteiger partial charge in [-0.25, -0.2) is 0 Å². The molecule has 0 unspecified atom stereocenters. The predicted octanol–water partition coefficient (Wildman–Crippen LogP) is 5.52. The maximum absolute atomic E-state index is 12.6. The second kappa shape index (κ2) is 7.55. The normalized spacial score (nSPS) is 14.7. The fourth-order valence-corrected chi connectivity index (χ4v) is 5.17. The molecular weight excluding hydrogens is 476 g/mol. The zero-order valence-electron chi connectivity index (χ0n) is 15.2. The third-order valence-corrected chi connectivity index (χ3v) is 7.05. The van der Waals surface area contributed by atoms with Crippen LogP contribution < -0.4 is 10.9 Å². The van der Waals surface area contributed by atoms with E-state index in [4.69, 9.17) is 11.6 Å². The SMILES string of the molecule is O=c1c(Br)cc(-c2nnc(Nc3ccc4[nH]ncc4c3Cl)s2)cn1C1CCCC1. The van der Waals surface area contributed by atoms with Crippen molar-refractivity contribution in [1.82, 2.24) is 25.0 Å². The van der Waals surface area contributed by atoms with Gasteiger partial charge in [0.25, 0.3) is 5.56 Å². The number of hydrogen-bond acceptors (Lipinski definition) is 6. The lowest BCUT2D eigenvalue weighted by Crippen LogP contribution is -2.23. The molecular formula is C19H16BrClN6OS. The Labute approximate surface area is 183 Å². The quantitative estimate of drug-likeness (QED) is 0.392. The highest BCUT2D eigenvalue weighted by Crippen LogP contribution is 2.35. The number of nitrogens with zero attached hydrogens (tertiary/aromatic N) is 4. The second-order valence-corrected chi connectivity index (χ2v) is 9.23. The Morgan fingerprint density at radius 3 is 2.93 bits per heavy atom. The van der Waals surface area contributed by atoms with E-state index in [9.17, 15) is 4.79 Å². The highest BCUT2D eigenvalue weighted by molar-refractivity contribution is 9.10. The lowest BCUT2D eigenvalue weighted by atomic mass is 10.2. The Hall–Kier alpha value is -2.23. The fraction of sp³-hybridized carbons (Fsp3) is 0.263. The van der Waals surface area contributed by atoms with Gasteiger partial charge in [-0.1, -0.05) is 35.8 Å². The van der Waals surface area contributed by atoms with Crippen LogP contribution in [0.1, 0.15) is 31.7 Å². The Balaban J connectivity index is 1.46. The summed E-state index contributed by atoms with van der Waals surface area (Å²) in [6.07, 6.45) is 7.98. The maximum atomic E-state index is 12.6. The van der Waals surface area contributed by atoms with Crippen molar-refractivity contribution in [3.8, 4) is 10.6 Å². The molecule has 0 aliphatic heterocycles. The molecule has 29 heavy (non-hydrogen) atoms. The zero-order chi connectivity index (χ0) is 20.0. The van der Waals surface area contributed by atoms with Gasteiger partial charge in [0.15, 0.2) is 5.01 Å². The molecule has 1 fully saturated rings. The molecule has 0 atom stereocenters. The first-order valence-electron chi connectivity index (χ1n) is 9.24. The van der Waals surface area contributed by atoms with Crippen molar-refractivity contribution < 1.29 is 0 Å². The molecule has 7 nitrogen and oxygen atoms in total. The number of aromatic nitrogens is 5. The number of benzene rings is 1. The van der Waals surface area contributed by atoms with Gasteiger partial charge < -0.3 is 9.88 Å². The summed E-state index contributed by atoms with van der Waals surface area (Å²) in [5.74, 6) is 0. The Morgan fingerprint density at radius 2 is 2.10 bits per heavy atom. The van der Waals surface area contributed by atoms with E-state index in [1.807, 2.05) is 29.0 Å². The third-order valence-electron chi connectivity index (χ3n) is 5.19. The number of rotatable bonds is 4. The van der Waals surface area contributed by atoms with Crippen LogP contribution >= 0.6 is 38.9 Å². The second-order valence-electron chi connectivity index (χ2n) is 7.02. The van der Waals surface area contributed by atoms with E-state index >= 15 is 0 Å². The number of fused-ring (bicyclic) bond motifs is 1. The summed E-state index contributed by atoms with van der Waals surface area (Å²) in [4.78, 5) is 12.6. The summed E-state index contributed by atoms with van der Waals surface area (Å²) in [6.45, 7) is 0. The summed E-state index contributed by atoms with van der Waals surface area (Å²) in [5.41, 5.74) is 2.48. The van der Waals surface area contributed by atoms with Crippen molar-refractivity contribution in [1.29, 1.82) is 0 Å². The highest BCUT2D eigenvalue weighted by atomic mass is 79.9. The van der Waals surface area contributed by atoms with Crippen LogP contribution in [0.15, 0.2) is 39.9 Å². The summed E-state index contributed by atoms with van der Waals surface area (Å²) in [7, 11) is 0. The van der Waals surface area contributed by atoms with E-state index in [1.165, 1.54) is 11.3 Å². The van der Waals surface area contributed by atoms with Crippen molar-refractivity contribution in [3.63, 3.8) is 0 Å². The van der Waals surface area contributed by atoms with Crippen LogP contribution in [0.5, 0.6) is 0 Å². The van der Waals surface area contributed by atoms with Gasteiger partial charge in [-0.05, 0) is 47.0 Å². The maximum Gasteiger partial charge on any atom is 0.265 e. The molecule has 0 radical (unpaired) electrons. The van der Waals surface area contributed by atoms with Gasteiger partial charge in [0, 0.05) is 23.2 Å². The van der Waals surface area contributed by atoms with E-state index in [0.717, 1.165) is 52.8 Å². The number of aromatic amines is 1. The summed E-state index contributed by atoms with van der Waals surface area (Å²) in [6, 6.07) is 5.85. The molecule has 4 aromatic rings. The molecule has 10 heteroatoms. The lowest BCUT2D eigenvalue weighted by Gasteiger charge is -2.14. The van der Waals surface area contributed by atoms with Crippen LogP contribution in [0.25, 0.3) is 21.5 Å². The Morgan fingerprint density at radius 1 is 1.28 bits per heavy atom. The predicted molar refractivity (Wildman–Crippen MR) is 119 cm³/mol. The molecule has 0 bridgehead atoms. The van der Waals surface area contributed by atoms with Gasteiger partial charge in [0.2, 0.25) is 5.13 Å². The molecule has 5 rings (SSSR count). The van der Waals surface area contributed by atoms with Gasteiger partial charge in [0.1, 0.15) is 0 Å². The molecule has 148 valence electrons. The summed E-state index contributed by atoms with van der Waals surface area (Å²) in [5, 5.41) is 21.5. The van der Waals surface area contributed by atoms with Crippen LogP contribution in [0.2, 0.25) is 5.02 Å². The van der Waals surface area contributed by atoms with Crippen LogP contribution in [-0.4, -0.2) is 25.0 Å². The van der Waals surface area contributed by atoms with E-state index in [1.54, 1.807) is 6.20 Å². The van der Waals surface area contributed by atoms with E-state index in [-0.39, 0.29) is 11.6 Å². The lowest BCUT2D eigenvalue weighted by molar-refractivity contribution is 0.501. The number of H-pyrrole nitrogens is 1. The topological polar surface area (TPSA) is 88.5 Å². The largest absolute Gasteiger partial charge is 0.329 e.